The fraction of sp³-hybridized carbons (Fsp3) is 0.333. The molecule has 2 amide bonds. The number of likely N-dealkylation sites (N-methyl/N-ethyl adjacent to an activating group) is 2. The predicted octanol–water partition coefficient (Wildman–Crippen LogP) is 2.26. The Kier molecular flexibility index (Phi) is 7.82. The Morgan fingerprint density at radius 1 is 1.07 bits per heavy atom. The smallest absolute Gasteiger partial charge is 0.406 e. The first kappa shape index (κ1) is 23.2. The van der Waals surface area contributed by atoms with Crippen LogP contribution in [0.15, 0.2) is 54.6 Å². The van der Waals surface area contributed by atoms with E-state index in [4.69, 9.17) is 0 Å². The van der Waals surface area contributed by atoms with E-state index in [1.807, 2.05) is 37.3 Å². The number of benzene rings is 2. The van der Waals surface area contributed by atoms with Crippen molar-refractivity contribution in [3.05, 3.63) is 60.2 Å². The maximum Gasteiger partial charge on any atom is 0.573 e. The van der Waals surface area contributed by atoms with Crippen LogP contribution in [0.4, 0.5) is 18.9 Å². The van der Waals surface area contributed by atoms with Crippen LogP contribution in [0.2, 0.25) is 0 Å². The molecule has 0 fully saturated rings. The molecule has 0 aliphatic heterocycles. The highest BCUT2D eigenvalue weighted by Gasteiger charge is 2.31. The van der Waals surface area contributed by atoms with Gasteiger partial charge in [-0.25, -0.2) is 0 Å². The predicted molar refractivity (Wildman–Crippen MR) is 106 cm³/mol. The van der Waals surface area contributed by atoms with Crippen molar-refractivity contribution in [3.63, 3.8) is 0 Å². The van der Waals surface area contributed by atoms with Gasteiger partial charge in [0, 0.05) is 12.7 Å². The molecule has 0 bridgehead atoms. The number of nitrogens with zero attached hydrogens (tertiary/aromatic N) is 1. The summed E-state index contributed by atoms with van der Waals surface area (Å²) in [7, 11) is 3.44. The van der Waals surface area contributed by atoms with Crippen LogP contribution in [0.25, 0.3) is 0 Å². The lowest BCUT2D eigenvalue weighted by Crippen LogP contribution is -3.11. The third-order valence-corrected chi connectivity index (χ3v) is 4.54. The molecule has 0 aliphatic rings. The number of carbonyl (C=O) groups is 2. The third-order valence-electron chi connectivity index (χ3n) is 4.54. The summed E-state index contributed by atoms with van der Waals surface area (Å²) in [6, 6.07) is 14.4. The van der Waals surface area contributed by atoms with Crippen LogP contribution in [0, 0.1) is 0 Å². The highest BCUT2D eigenvalue weighted by Crippen LogP contribution is 2.23. The molecule has 0 saturated heterocycles. The van der Waals surface area contributed by atoms with Crippen molar-refractivity contribution in [2.24, 2.45) is 0 Å². The summed E-state index contributed by atoms with van der Waals surface area (Å²) in [6.45, 7) is 2.08. The van der Waals surface area contributed by atoms with E-state index in [9.17, 15) is 22.8 Å². The average Bonchev–Trinajstić information content (AvgIpc) is 2.67. The van der Waals surface area contributed by atoms with Crippen LogP contribution in [0.5, 0.6) is 5.75 Å². The lowest BCUT2D eigenvalue weighted by Gasteiger charge is -2.26. The van der Waals surface area contributed by atoms with Crippen LogP contribution in [-0.4, -0.2) is 50.3 Å². The van der Waals surface area contributed by atoms with Crippen LogP contribution in [-0.2, 0) is 9.59 Å². The van der Waals surface area contributed by atoms with Gasteiger partial charge >= 0.3 is 6.36 Å². The number of alkyl halides is 3. The molecule has 9 heteroatoms. The van der Waals surface area contributed by atoms with E-state index in [-0.39, 0.29) is 36.7 Å². The van der Waals surface area contributed by atoms with Crippen molar-refractivity contribution in [3.8, 4) is 5.75 Å². The molecule has 0 aromatic heterocycles. The first-order chi connectivity index (χ1) is 14.0. The molecule has 1 unspecified atom stereocenters. The summed E-state index contributed by atoms with van der Waals surface area (Å²) in [5.41, 5.74) is 1.35. The third kappa shape index (κ3) is 7.40. The Hall–Kier alpha value is -3.07. The number of halogens is 3. The molecule has 2 aromatic rings. The fourth-order valence-corrected chi connectivity index (χ4v) is 2.84. The number of anilines is 1. The van der Waals surface area contributed by atoms with Crippen LogP contribution in [0.1, 0.15) is 18.5 Å². The van der Waals surface area contributed by atoms with Gasteiger partial charge in [-0.1, -0.05) is 30.3 Å². The molecule has 0 heterocycles. The highest BCUT2D eigenvalue weighted by atomic mass is 19.4. The molecular formula is C21H25F3N3O3+. The van der Waals surface area contributed by atoms with Crippen LogP contribution >= 0.6 is 0 Å². The van der Waals surface area contributed by atoms with E-state index in [1.165, 1.54) is 12.1 Å². The molecule has 2 atom stereocenters. The summed E-state index contributed by atoms with van der Waals surface area (Å²) in [5.74, 6) is -0.835. The number of ether oxygens (including phenoxy) is 1. The minimum Gasteiger partial charge on any atom is -0.406 e. The summed E-state index contributed by atoms with van der Waals surface area (Å²) in [6.07, 6.45) is -4.77. The molecule has 0 spiro atoms. The summed E-state index contributed by atoms with van der Waals surface area (Å²) < 4.78 is 40.3. The first-order valence-corrected chi connectivity index (χ1v) is 9.32. The normalized spacial score (nSPS) is 13.3. The Bertz CT molecular complexity index is 842. The molecule has 6 nitrogen and oxygen atoms in total. The molecule has 2 aromatic carbocycles. The Balaban J connectivity index is 1.83. The first-order valence-electron chi connectivity index (χ1n) is 9.32. The zero-order valence-electron chi connectivity index (χ0n) is 17.0. The second-order valence-electron chi connectivity index (χ2n) is 7.02. The Morgan fingerprint density at radius 3 is 2.23 bits per heavy atom. The largest absolute Gasteiger partial charge is 0.573 e. The molecule has 0 aliphatic carbocycles. The highest BCUT2D eigenvalue weighted by molar-refractivity contribution is 5.91. The summed E-state index contributed by atoms with van der Waals surface area (Å²) in [4.78, 5) is 27.0. The topological polar surface area (TPSA) is 63.1 Å². The molecule has 2 N–H and O–H groups in total. The van der Waals surface area contributed by atoms with Crippen molar-refractivity contribution in [1.29, 1.82) is 0 Å². The van der Waals surface area contributed by atoms with Gasteiger partial charge in [0.2, 0.25) is 0 Å². The van der Waals surface area contributed by atoms with Gasteiger partial charge in [0.25, 0.3) is 11.8 Å². The molecule has 2 rings (SSSR count). The number of nitrogens with one attached hydrogen (secondary N) is 2. The Morgan fingerprint density at radius 2 is 1.67 bits per heavy atom. The molecule has 0 radical (unpaired) electrons. The second-order valence-corrected chi connectivity index (χ2v) is 7.02. The monoisotopic (exact) mass is 424 g/mol. The maximum absolute atomic E-state index is 12.5. The van der Waals surface area contributed by atoms with E-state index in [2.05, 4.69) is 10.1 Å². The summed E-state index contributed by atoms with van der Waals surface area (Å²) >= 11 is 0. The van der Waals surface area contributed by atoms with Gasteiger partial charge in [0.05, 0.1) is 13.1 Å². The van der Waals surface area contributed by atoms with E-state index in [0.717, 1.165) is 17.7 Å². The maximum atomic E-state index is 12.5. The molecule has 162 valence electrons. The molecule has 0 saturated carbocycles. The van der Waals surface area contributed by atoms with Gasteiger partial charge in [0.15, 0.2) is 13.1 Å². The fourth-order valence-electron chi connectivity index (χ4n) is 2.84. The van der Waals surface area contributed by atoms with E-state index < -0.39 is 6.36 Å². The molecule has 30 heavy (non-hydrogen) atoms. The SMILES string of the molecule is C[C@@H](c1ccccc1)N(C)C(=O)C[NH+](C)CC(=O)Nc1ccc(OC(F)(F)F)cc1. The van der Waals surface area contributed by atoms with E-state index in [0.29, 0.717) is 10.6 Å². The van der Waals surface area contributed by atoms with Gasteiger partial charge in [-0.3, -0.25) is 9.59 Å². The van der Waals surface area contributed by atoms with E-state index in [1.54, 1.807) is 19.0 Å². The van der Waals surface area contributed by atoms with Gasteiger partial charge < -0.3 is 19.9 Å². The van der Waals surface area contributed by atoms with Crippen molar-refractivity contribution in [2.75, 3.05) is 32.5 Å². The van der Waals surface area contributed by atoms with Crippen molar-refractivity contribution in [1.82, 2.24) is 4.90 Å². The number of hydrogen-bond acceptors (Lipinski definition) is 3. The number of quaternary nitrogens is 1. The quantitative estimate of drug-likeness (QED) is 0.684. The van der Waals surface area contributed by atoms with Crippen molar-refractivity contribution >= 4 is 17.5 Å². The molecular weight excluding hydrogens is 399 g/mol. The van der Waals surface area contributed by atoms with Crippen molar-refractivity contribution in [2.45, 2.75) is 19.3 Å². The van der Waals surface area contributed by atoms with Crippen LogP contribution < -0.4 is 15.0 Å². The average molecular weight is 424 g/mol. The number of carbonyl (C=O) groups excluding carboxylic acids is 2. The number of amides is 2. The number of rotatable bonds is 8. The zero-order chi connectivity index (χ0) is 22.3. The minimum absolute atomic E-state index is 0.0279. The standard InChI is InChI=1S/C21H24F3N3O3/c1-15(16-7-5-4-6-8-16)27(3)20(29)14-26(2)13-19(28)25-17-9-11-18(12-10-17)30-21(22,23)24/h4-12,15H,13-14H2,1-3H3,(H,25,28)/p+1/t15-/m0/s1. The van der Waals surface area contributed by atoms with Gasteiger partial charge in [-0.15, -0.1) is 13.2 Å². The van der Waals surface area contributed by atoms with Gasteiger partial charge in [0.1, 0.15) is 5.75 Å². The Labute approximate surface area is 173 Å². The number of hydrogen-bond donors (Lipinski definition) is 2. The van der Waals surface area contributed by atoms with Gasteiger partial charge in [-0.2, -0.15) is 0 Å². The van der Waals surface area contributed by atoms with E-state index >= 15 is 0 Å². The lowest BCUT2D eigenvalue weighted by atomic mass is 10.1. The second kappa shape index (κ2) is 10.1. The van der Waals surface area contributed by atoms with Crippen molar-refractivity contribution < 1.29 is 32.4 Å². The lowest BCUT2D eigenvalue weighted by molar-refractivity contribution is -0.862. The summed E-state index contributed by atoms with van der Waals surface area (Å²) in [5, 5.41) is 2.59. The zero-order valence-corrected chi connectivity index (χ0v) is 17.0. The van der Waals surface area contributed by atoms with Gasteiger partial charge in [-0.05, 0) is 36.8 Å². The minimum atomic E-state index is -4.77. The van der Waals surface area contributed by atoms with Crippen LogP contribution in [0.3, 0.4) is 0 Å².